The minimum Gasteiger partial charge on any atom is -0.350 e. The van der Waals surface area contributed by atoms with Crippen LogP contribution in [0.4, 0.5) is 11.4 Å². The van der Waals surface area contributed by atoms with Crippen molar-refractivity contribution in [1.82, 2.24) is 0 Å². The Balaban J connectivity index is 1.87. The van der Waals surface area contributed by atoms with Crippen LogP contribution in [-0.2, 0) is 9.59 Å². The summed E-state index contributed by atoms with van der Waals surface area (Å²) in [4.78, 5) is 28.5. The van der Waals surface area contributed by atoms with E-state index in [9.17, 15) is 9.59 Å². The number of carbonyl (C=O) groups is 2. The number of halogens is 1. The van der Waals surface area contributed by atoms with Gasteiger partial charge in [-0.25, -0.2) is 4.90 Å². The lowest BCUT2D eigenvalue weighted by Gasteiger charge is -2.17. The van der Waals surface area contributed by atoms with Crippen molar-refractivity contribution in [3.63, 3.8) is 0 Å². The average Bonchev–Trinajstić information content (AvgIpc) is 2.98. The van der Waals surface area contributed by atoms with Gasteiger partial charge in [-0.1, -0.05) is 35.9 Å². The Hall–Kier alpha value is -3.37. The molecule has 0 spiro atoms. The van der Waals surface area contributed by atoms with Crippen molar-refractivity contribution in [2.75, 3.05) is 10.2 Å². The third-order valence-electron chi connectivity index (χ3n) is 6.08. The predicted octanol–water partition coefficient (Wildman–Crippen LogP) is 6.28. The molecule has 0 unspecified atom stereocenters. The van der Waals surface area contributed by atoms with Gasteiger partial charge in [0.05, 0.1) is 11.3 Å². The number of nitrogens with zero attached hydrogens (tertiary/aromatic N) is 1. The maximum absolute atomic E-state index is 13.6. The molecule has 1 N–H and O–H groups in total. The first-order chi connectivity index (χ1) is 15.2. The zero-order chi connectivity index (χ0) is 23.2. The van der Waals surface area contributed by atoms with Crippen LogP contribution in [0.2, 0.25) is 5.02 Å². The summed E-state index contributed by atoms with van der Waals surface area (Å²) in [6.07, 6.45) is 0. The van der Waals surface area contributed by atoms with E-state index in [1.807, 2.05) is 83.1 Å². The highest BCUT2D eigenvalue weighted by atomic mass is 35.5. The highest BCUT2D eigenvalue weighted by Crippen LogP contribution is 2.35. The lowest BCUT2D eigenvalue weighted by Crippen LogP contribution is -2.32. The van der Waals surface area contributed by atoms with Crippen LogP contribution in [0.3, 0.4) is 0 Å². The maximum atomic E-state index is 13.6. The average molecular weight is 445 g/mol. The summed E-state index contributed by atoms with van der Waals surface area (Å²) < 4.78 is 0. The molecule has 162 valence electrons. The molecule has 1 aliphatic heterocycles. The Bertz CT molecular complexity index is 1310. The summed E-state index contributed by atoms with van der Waals surface area (Å²) in [5, 5.41) is 3.85. The fraction of sp³-hybridized carbons (Fsp3) is 0.185. The third kappa shape index (κ3) is 3.82. The summed E-state index contributed by atoms with van der Waals surface area (Å²) in [6.45, 7) is 9.90. The van der Waals surface area contributed by atoms with Gasteiger partial charge in [0.2, 0.25) is 0 Å². The number of benzene rings is 3. The summed E-state index contributed by atoms with van der Waals surface area (Å²) in [5.74, 6) is -0.712. The highest BCUT2D eigenvalue weighted by molar-refractivity contribution is 6.46. The molecule has 4 rings (SSSR count). The zero-order valence-electron chi connectivity index (χ0n) is 18.8. The number of carbonyl (C=O) groups excluding carboxylic acids is 2. The van der Waals surface area contributed by atoms with Crippen LogP contribution in [-0.4, -0.2) is 11.8 Å². The van der Waals surface area contributed by atoms with Gasteiger partial charge in [-0.2, -0.15) is 0 Å². The van der Waals surface area contributed by atoms with Crippen LogP contribution in [0, 0.1) is 34.6 Å². The maximum Gasteiger partial charge on any atom is 0.282 e. The van der Waals surface area contributed by atoms with Gasteiger partial charge in [-0.15, -0.1) is 0 Å². The Kier molecular flexibility index (Phi) is 5.66. The Morgan fingerprint density at radius 1 is 0.688 bits per heavy atom. The molecule has 3 aromatic carbocycles. The molecule has 1 aliphatic rings. The predicted molar refractivity (Wildman–Crippen MR) is 131 cm³/mol. The minimum atomic E-state index is -0.374. The fourth-order valence-electron chi connectivity index (χ4n) is 3.81. The number of hydrogen-bond acceptors (Lipinski definition) is 3. The van der Waals surface area contributed by atoms with Crippen LogP contribution in [0.25, 0.3) is 5.57 Å². The quantitative estimate of drug-likeness (QED) is 0.482. The van der Waals surface area contributed by atoms with Crippen molar-refractivity contribution in [3.05, 3.63) is 98.7 Å². The van der Waals surface area contributed by atoms with E-state index in [1.165, 1.54) is 4.90 Å². The van der Waals surface area contributed by atoms with E-state index in [4.69, 9.17) is 11.6 Å². The van der Waals surface area contributed by atoms with E-state index in [0.29, 0.717) is 21.8 Å². The lowest BCUT2D eigenvalue weighted by atomic mass is 9.99. The number of imide groups is 1. The normalized spacial score (nSPS) is 13.9. The monoisotopic (exact) mass is 444 g/mol. The molecule has 4 nitrogen and oxygen atoms in total. The Labute approximate surface area is 193 Å². The van der Waals surface area contributed by atoms with Crippen molar-refractivity contribution in [2.45, 2.75) is 34.6 Å². The van der Waals surface area contributed by atoms with Crippen molar-refractivity contribution < 1.29 is 9.59 Å². The summed E-state index contributed by atoms with van der Waals surface area (Å²) in [5.41, 5.74) is 7.83. The summed E-state index contributed by atoms with van der Waals surface area (Å²) >= 11 is 6.10. The van der Waals surface area contributed by atoms with Crippen molar-refractivity contribution in [1.29, 1.82) is 0 Å². The van der Waals surface area contributed by atoms with Crippen LogP contribution in [0.15, 0.2) is 60.3 Å². The molecular formula is C27H25ClN2O2. The summed E-state index contributed by atoms with van der Waals surface area (Å²) in [7, 11) is 0. The van der Waals surface area contributed by atoms with Crippen LogP contribution >= 0.6 is 11.6 Å². The first-order valence-electron chi connectivity index (χ1n) is 10.5. The van der Waals surface area contributed by atoms with Gasteiger partial charge in [0.1, 0.15) is 5.70 Å². The number of aryl methyl sites for hydroxylation is 5. The van der Waals surface area contributed by atoms with Gasteiger partial charge in [-0.3, -0.25) is 9.59 Å². The second-order valence-corrected chi connectivity index (χ2v) is 8.78. The van der Waals surface area contributed by atoms with E-state index in [-0.39, 0.29) is 17.5 Å². The third-order valence-corrected chi connectivity index (χ3v) is 6.31. The van der Waals surface area contributed by atoms with Gasteiger partial charge < -0.3 is 5.32 Å². The molecule has 0 saturated heterocycles. The number of nitrogens with one attached hydrogen (secondary N) is 1. The van der Waals surface area contributed by atoms with Crippen LogP contribution in [0.1, 0.15) is 33.4 Å². The van der Waals surface area contributed by atoms with Gasteiger partial charge in [0.25, 0.3) is 11.8 Å². The zero-order valence-corrected chi connectivity index (χ0v) is 19.6. The van der Waals surface area contributed by atoms with E-state index in [0.717, 1.165) is 33.5 Å². The van der Waals surface area contributed by atoms with Crippen molar-refractivity contribution in [3.8, 4) is 0 Å². The van der Waals surface area contributed by atoms with Gasteiger partial charge >= 0.3 is 0 Å². The minimum absolute atomic E-state index is 0.266. The molecule has 1 heterocycles. The Morgan fingerprint density at radius 2 is 1.34 bits per heavy atom. The first-order valence-corrected chi connectivity index (χ1v) is 10.9. The standard InChI is InChI=1S/C27H25ClN2O2/c1-15-6-8-20(12-17(15)3)24-25(29-23-11-9-21(28)13-19(23)5)27(32)30(26(24)31)22-10-7-16(2)18(4)14-22/h6-14,29H,1-5H3. The molecule has 0 aliphatic carbocycles. The lowest BCUT2D eigenvalue weighted by molar-refractivity contribution is -0.120. The van der Waals surface area contributed by atoms with E-state index < -0.39 is 0 Å². The molecule has 0 aromatic heterocycles. The molecule has 5 heteroatoms. The van der Waals surface area contributed by atoms with E-state index in [2.05, 4.69) is 5.32 Å². The largest absolute Gasteiger partial charge is 0.350 e. The number of amides is 2. The van der Waals surface area contributed by atoms with Crippen LogP contribution in [0.5, 0.6) is 0 Å². The molecule has 0 atom stereocenters. The number of hydrogen-bond donors (Lipinski definition) is 1. The van der Waals surface area contributed by atoms with Gasteiger partial charge in [0, 0.05) is 10.7 Å². The molecule has 32 heavy (non-hydrogen) atoms. The Morgan fingerprint density at radius 3 is 1.97 bits per heavy atom. The fourth-order valence-corrected chi connectivity index (χ4v) is 4.04. The van der Waals surface area contributed by atoms with Gasteiger partial charge in [0.15, 0.2) is 0 Å². The SMILES string of the molecule is Cc1ccc(C2=C(Nc3ccc(Cl)cc3C)C(=O)N(c3ccc(C)c(C)c3)C2=O)cc1C. The molecule has 0 bridgehead atoms. The van der Waals surface area contributed by atoms with E-state index >= 15 is 0 Å². The molecule has 0 radical (unpaired) electrons. The highest BCUT2D eigenvalue weighted by Gasteiger charge is 2.40. The molecule has 2 amide bonds. The molecular weight excluding hydrogens is 420 g/mol. The van der Waals surface area contributed by atoms with Crippen LogP contribution < -0.4 is 10.2 Å². The smallest absolute Gasteiger partial charge is 0.282 e. The van der Waals surface area contributed by atoms with Crippen molar-refractivity contribution >= 4 is 40.4 Å². The first kappa shape index (κ1) is 21.8. The summed E-state index contributed by atoms with van der Waals surface area (Å²) in [6, 6.07) is 16.8. The topological polar surface area (TPSA) is 49.4 Å². The number of rotatable bonds is 4. The second kappa shape index (κ2) is 8.29. The second-order valence-electron chi connectivity index (χ2n) is 8.35. The van der Waals surface area contributed by atoms with Crippen molar-refractivity contribution in [2.24, 2.45) is 0 Å². The van der Waals surface area contributed by atoms with E-state index in [1.54, 1.807) is 6.07 Å². The molecule has 0 fully saturated rings. The number of anilines is 2. The molecule has 3 aromatic rings. The van der Waals surface area contributed by atoms with Gasteiger partial charge in [-0.05, 0) is 98.3 Å². The molecule has 0 saturated carbocycles.